The molecule has 0 saturated carbocycles. The summed E-state index contributed by atoms with van der Waals surface area (Å²) in [6.07, 6.45) is -0.300. The Morgan fingerprint density at radius 1 is 0.840 bits per heavy atom. The number of amides is 2. The Hall–Kier alpha value is -3.15. The number of hydrogen-bond acceptors (Lipinski definition) is 4. The minimum Gasteiger partial charge on any atom is -0.465 e. The highest BCUT2D eigenvalue weighted by Crippen LogP contribution is 2.15. The van der Waals surface area contributed by atoms with Gasteiger partial charge in [0.2, 0.25) is 11.8 Å². The summed E-state index contributed by atoms with van der Waals surface area (Å²) >= 11 is 0. The van der Waals surface area contributed by atoms with E-state index in [4.69, 9.17) is 0 Å². The van der Waals surface area contributed by atoms with Gasteiger partial charge in [-0.1, -0.05) is 6.07 Å². The van der Waals surface area contributed by atoms with Gasteiger partial charge in [0.15, 0.2) is 0 Å². The van der Waals surface area contributed by atoms with Crippen LogP contribution in [-0.4, -0.2) is 24.9 Å². The fourth-order valence-electron chi connectivity index (χ4n) is 2.18. The summed E-state index contributed by atoms with van der Waals surface area (Å²) in [5.74, 6) is -1.29. The molecule has 0 unspecified atom stereocenters. The third kappa shape index (κ3) is 5.17. The average Bonchev–Trinajstić information content (AvgIpc) is 2.58. The molecule has 0 saturated heterocycles. The Balaban J connectivity index is 1.89. The molecule has 0 aromatic heterocycles. The minimum atomic E-state index is -0.453. The van der Waals surface area contributed by atoms with Crippen molar-refractivity contribution in [3.63, 3.8) is 0 Å². The lowest BCUT2D eigenvalue weighted by Gasteiger charge is -2.08. The number of carbonyl (C=O) groups excluding carboxylic acids is 3. The molecule has 0 aliphatic rings. The average molecular weight is 340 g/mol. The Morgan fingerprint density at radius 3 is 1.96 bits per heavy atom. The summed E-state index contributed by atoms with van der Waals surface area (Å²) in [6, 6.07) is 11.8. The highest BCUT2D eigenvalue weighted by Gasteiger charge is 2.11. The second-order valence-corrected chi connectivity index (χ2v) is 5.64. The van der Waals surface area contributed by atoms with Gasteiger partial charge in [-0.3, -0.25) is 9.59 Å². The van der Waals surface area contributed by atoms with E-state index >= 15 is 0 Å². The molecule has 2 aromatic carbocycles. The topological polar surface area (TPSA) is 84.5 Å². The maximum absolute atomic E-state index is 12.0. The van der Waals surface area contributed by atoms with Crippen molar-refractivity contribution in [2.45, 2.75) is 20.3 Å². The van der Waals surface area contributed by atoms with Gasteiger partial charge in [-0.15, -0.1) is 0 Å². The molecular weight excluding hydrogens is 320 g/mol. The summed E-state index contributed by atoms with van der Waals surface area (Å²) in [7, 11) is 1.30. The lowest BCUT2D eigenvalue weighted by Crippen LogP contribution is -2.21. The van der Waals surface area contributed by atoms with Gasteiger partial charge < -0.3 is 15.4 Å². The molecule has 0 heterocycles. The quantitative estimate of drug-likeness (QED) is 0.647. The molecule has 0 aliphatic carbocycles. The summed E-state index contributed by atoms with van der Waals surface area (Å²) in [6.45, 7) is 3.94. The molecule has 0 aliphatic heterocycles. The van der Waals surface area contributed by atoms with Crippen LogP contribution >= 0.6 is 0 Å². The molecule has 0 radical (unpaired) electrons. The number of aryl methyl sites for hydroxylation is 2. The number of nitrogens with one attached hydrogen (secondary N) is 2. The number of esters is 1. The van der Waals surface area contributed by atoms with Crippen molar-refractivity contribution in [2.24, 2.45) is 0 Å². The molecule has 6 nitrogen and oxygen atoms in total. The first-order chi connectivity index (χ1) is 11.9. The molecule has 2 amide bonds. The zero-order chi connectivity index (χ0) is 18.4. The molecule has 0 fully saturated rings. The second kappa shape index (κ2) is 8.10. The van der Waals surface area contributed by atoms with Crippen LogP contribution in [0.25, 0.3) is 0 Å². The van der Waals surface area contributed by atoms with Gasteiger partial charge in [0.25, 0.3) is 0 Å². The molecule has 0 spiro atoms. The molecule has 25 heavy (non-hydrogen) atoms. The van der Waals surface area contributed by atoms with Gasteiger partial charge in [0.1, 0.15) is 6.42 Å². The van der Waals surface area contributed by atoms with Gasteiger partial charge in [-0.2, -0.15) is 0 Å². The van der Waals surface area contributed by atoms with Gasteiger partial charge in [0, 0.05) is 11.4 Å². The van der Waals surface area contributed by atoms with Crippen LogP contribution in [0.1, 0.15) is 27.9 Å². The number of carbonyl (C=O) groups is 3. The molecular formula is C19H20N2O4. The van der Waals surface area contributed by atoms with Crippen LogP contribution in [0, 0.1) is 13.8 Å². The number of anilines is 2. The van der Waals surface area contributed by atoms with Gasteiger partial charge >= 0.3 is 5.97 Å². The van der Waals surface area contributed by atoms with E-state index in [0.717, 1.165) is 11.1 Å². The number of ether oxygens (including phenoxy) is 1. The zero-order valence-electron chi connectivity index (χ0n) is 14.4. The Labute approximate surface area is 146 Å². The largest absolute Gasteiger partial charge is 0.465 e. The van der Waals surface area contributed by atoms with Gasteiger partial charge in [-0.05, 0) is 61.4 Å². The van der Waals surface area contributed by atoms with E-state index in [1.807, 2.05) is 26.0 Å². The van der Waals surface area contributed by atoms with Crippen molar-refractivity contribution in [1.29, 1.82) is 0 Å². The normalized spacial score (nSPS) is 10.0. The van der Waals surface area contributed by atoms with Gasteiger partial charge in [0.05, 0.1) is 12.7 Å². The van der Waals surface area contributed by atoms with Crippen LogP contribution in [0.15, 0.2) is 42.5 Å². The predicted molar refractivity (Wildman–Crippen MR) is 95.6 cm³/mol. The maximum Gasteiger partial charge on any atom is 0.337 e. The summed E-state index contributed by atoms with van der Waals surface area (Å²) in [5.41, 5.74) is 3.73. The van der Waals surface area contributed by atoms with Crippen molar-refractivity contribution in [3.8, 4) is 0 Å². The van der Waals surface area contributed by atoms with Crippen LogP contribution in [-0.2, 0) is 14.3 Å². The van der Waals surface area contributed by atoms with Crippen molar-refractivity contribution in [1.82, 2.24) is 0 Å². The van der Waals surface area contributed by atoms with E-state index in [0.29, 0.717) is 16.9 Å². The monoisotopic (exact) mass is 340 g/mol. The number of rotatable bonds is 5. The van der Waals surface area contributed by atoms with Crippen LogP contribution in [0.4, 0.5) is 11.4 Å². The summed E-state index contributed by atoms with van der Waals surface area (Å²) in [5, 5.41) is 5.31. The van der Waals surface area contributed by atoms with Crippen molar-refractivity contribution < 1.29 is 19.1 Å². The molecule has 6 heteroatoms. The van der Waals surface area contributed by atoms with E-state index in [1.54, 1.807) is 18.2 Å². The summed E-state index contributed by atoms with van der Waals surface area (Å²) in [4.78, 5) is 35.3. The number of hydrogen-bond donors (Lipinski definition) is 2. The summed E-state index contributed by atoms with van der Waals surface area (Å²) < 4.78 is 4.60. The van der Waals surface area contributed by atoms with E-state index < -0.39 is 17.8 Å². The van der Waals surface area contributed by atoms with Crippen molar-refractivity contribution >= 4 is 29.2 Å². The predicted octanol–water partition coefficient (Wildman–Crippen LogP) is 3.06. The maximum atomic E-state index is 12.0. The second-order valence-electron chi connectivity index (χ2n) is 5.64. The first-order valence-corrected chi connectivity index (χ1v) is 7.74. The van der Waals surface area contributed by atoms with Crippen molar-refractivity contribution in [2.75, 3.05) is 17.7 Å². The first-order valence-electron chi connectivity index (χ1n) is 7.74. The highest BCUT2D eigenvalue weighted by molar-refractivity contribution is 6.08. The standard InChI is InChI=1S/C19H20N2O4/c1-12-4-7-16(10-13(12)2)21-18(23)11-17(22)20-15-8-5-14(6-9-15)19(24)25-3/h4-10H,11H2,1-3H3,(H,20,22)(H,21,23). The molecule has 0 atom stereocenters. The van der Waals surface area contributed by atoms with E-state index in [2.05, 4.69) is 15.4 Å². The van der Waals surface area contributed by atoms with Crippen LogP contribution < -0.4 is 10.6 Å². The van der Waals surface area contributed by atoms with Crippen molar-refractivity contribution in [3.05, 3.63) is 59.2 Å². The fourth-order valence-corrected chi connectivity index (χ4v) is 2.18. The Kier molecular flexibility index (Phi) is 5.89. The van der Waals surface area contributed by atoms with Gasteiger partial charge in [-0.25, -0.2) is 4.79 Å². The minimum absolute atomic E-state index is 0.300. The first kappa shape index (κ1) is 18.2. The van der Waals surface area contributed by atoms with E-state index in [9.17, 15) is 14.4 Å². The molecule has 130 valence electrons. The van der Waals surface area contributed by atoms with Crippen LogP contribution in [0.2, 0.25) is 0 Å². The lowest BCUT2D eigenvalue weighted by atomic mass is 10.1. The SMILES string of the molecule is COC(=O)c1ccc(NC(=O)CC(=O)Nc2ccc(C)c(C)c2)cc1. The fraction of sp³-hybridized carbons (Fsp3) is 0.211. The molecule has 2 N–H and O–H groups in total. The Bertz CT molecular complexity index is 798. The Morgan fingerprint density at radius 2 is 1.40 bits per heavy atom. The van der Waals surface area contributed by atoms with E-state index in [1.165, 1.54) is 19.2 Å². The lowest BCUT2D eigenvalue weighted by molar-refractivity contribution is -0.123. The van der Waals surface area contributed by atoms with Crippen LogP contribution in [0.5, 0.6) is 0 Å². The smallest absolute Gasteiger partial charge is 0.337 e. The molecule has 0 bridgehead atoms. The van der Waals surface area contributed by atoms with Crippen LogP contribution in [0.3, 0.4) is 0 Å². The molecule has 2 rings (SSSR count). The zero-order valence-corrected chi connectivity index (χ0v) is 14.4. The third-order valence-corrected chi connectivity index (χ3v) is 3.70. The number of benzene rings is 2. The third-order valence-electron chi connectivity index (χ3n) is 3.70. The van der Waals surface area contributed by atoms with E-state index in [-0.39, 0.29) is 6.42 Å². The number of methoxy groups -OCH3 is 1. The molecule has 2 aromatic rings. The highest BCUT2D eigenvalue weighted by atomic mass is 16.5.